The fraction of sp³-hybridized carbons (Fsp3) is 1.00. The van der Waals surface area contributed by atoms with Crippen molar-refractivity contribution >= 4 is 9.84 Å². The largest absolute Gasteiger partial charge is 0.396 e. The summed E-state index contributed by atoms with van der Waals surface area (Å²) < 4.78 is 23.5. The normalized spacial score (nSPS) is 27.1. The lowest BCUT2D eigenvalue weighted by Gasteiger charge is -2.32. The van der Waals surface area contributed by atoms with Crippen molar-refractivity contribution in [3.05, 3.63) is 0 Å². The van der Waals surface area contributed by atoms with E-state index in [0.717, 1.165) is 45.1 Å². The van der Waals surface area contributed by atoms with E-state index in [0.29, 0.717) is 5.92 Å². The van der Waals surface area contributed by atoms with Crippen LogP contribution in [0, 0.1) is 5.92 Å². The minimum absolute atomic E-state index is 0.0986. The van der Waals surface area contributed by atoms with Gasteiger partial charge < -0.3 is 10.4 Å². The molecule has 0 saturated heterocycles. The zero-order valence-corrected chi connectivity index (χ0v) is 12.4. The summed E-state index contributed by atoms with van der Waals surface area (Å²) in [5.41, 5.74) is 0. The van der Waals surface area contributed by atoms with Crippen LogP contribution in [0.3, 0.4) is 0 Å². The van der Waals surface area contributed by atoms with Crippen LogP contribution in [0.15, 0.2) is 0 Å². The second-order valence-electron chi connectivity index (χ2n) is 5.45. The summed E-state index contributed by atoms with van der Waals surface area (Å²) in [6.07, 6.45) is 7.02. The zero-order valence-electron chi connectivity index (χ0n) is 11.6. The molecule has 1 fully saturated rings. The van der Waals surface area contributed by atoms with Gasteiger partial charge in [-0.2, -0.15) is 0 Å². The zero-order chi connectivity index (χ0) is 13.6. The Balaban J connectivity index is 2.52. The molecule has 4 nitrogen and oxygen atoms in total. The van der Waals surface area contributed by atoms with Gasteiger partial charge in [0.15, 0.2) is 9.84 Å². The molecule has 1 aliphatic carbocycles. The van der Waals surface area contributed by atoms with Gasteiger partial charge in [-0.3, -0.25) is 0 Å². The molecule has 1 rings (SSSR count). The Labute approximate surface area is 111 Å². The summed E-state index contributed by atoms with van der Waals surface area (Å²) in [6.45, 7) is 3.13. The fourth-order valence-corrected chi connectivity index (χ4v) is 4.22. The van der Waals surface area contributed by atoms with E-state index in [2.05, 4.69) is 12.2 Å². The first-order valence-electron chi connectivity index (χ1n) is 7.02. The van der Waals surface area contributed by atoms with Crippen LogP contribution >= 0.6 is 0 Å². The number of aliphatic hydroxyl groups is 1. The van der Waals surface area contributed by atoms with Gasteiger partial charge in [0.2, 0.25) is 0 Å². The van der Waals surface area contributed by atoms with E-state index in [4.69, 9.17) is 5.11 Å². The third kappa shape index (κ3) is 4.86. The lowest BCUT2D eigenvalue weighted by Crippen LogP contribution is -2.47. The van der Waals surface area contributed by atoms with Gasteiger partial charge in [0.1, 0.15) is 0 Å². The first-order chi connectivity index (χ1) is 8.49. The Bertz CT molecular complexity index is 329. The molecule has 18 heavy (non-hydrogen) atoms. The number of hydrogen-bond donors (Lipinski definition) is 2. The Morgan fingerprint density at radius 3 is 2.56 bits per heavy atom. The highest BCUT2D eigenvalue weighted by Gasteiger charge is 2.32. The van der Waals surface area contributed by atoms with Gasteiger partial charge in [-0.1, -0.05) is 26.2 Å². The van der Waals surface area contributed by atoms with Gasteiger partial charge in [-0.15, -0.1) is 0 Å². The second kappa shape index (κ2) is 7.46. The van der Waals surface area contributed by atoms with Gasteiger partial charge in [-0.05, 0) is 31.7 Å². The SMILES string of the molecule is CCC(CCO)CNC1CCCCC1S(C)(=O)=O. The molecule has 3 atom stereocenters. The van der Waals surface area contributed by atoms with Crippen molar-refractivity contribution in [2.24, 2.45) is 5.92 Å². The molecule has 0 aromatic heterocycles. The quantitative estimate of drug-likeness (QED) is 0.737. The molecule has 0 aromatic rings. The minimum Gasteiger partial charge on any atom is -0.396 e. The van der Waals surface area contributed by atoms with Gasteiger partial charge in [0, 0.05) is 18.9 Å². The highest BCUT2D eigenvalue weighted by Crippen LogP contribution is 2.24. The number of rotatable bonds is 7. The number of hydrogen-bond acceptors (Lipinski definition) is 4. The topological polar surface area (TPSA) is 66.4 Å². The molecular formula is C13H27NO3S. The maximum Gasteiger partial charge on any atom is 0.151 e. The summed E-state index contributed by atoms with van der Waals surface area (Å²) in [4.78, 5) is 0. The average molecular weight is 277 g/mol. The smallest absolute Gasteiger partial charge is 0.151 e. The van der Waals surface area contributed by atoms with E-state index in [1.54, 1.807) is 0 Å². The highest BCUT2D eigenvalue weighted by molar-refractivity contribution is 7.91. The van der Waals surface area contributed by atoms with E-state index in [-0.39, 0.29) is 17.9 Å². The lowest BCUT2D eigenvalue weighted by atomic mass is 9.93. The molecule has 5 heteroatoms. The number of aliphatic hydroxyl groups excluding tert-OH is 1. The van der Waals surface area contributed by atoms with Crippen LogP contribution in [0.1, 0.15) is 45.4 Å². The first-order valence-corrected chi connectivity index (χ1v) is 8.97. The van der Waals surface area contributed by atoms with E-state index in [1.165, 1.54) is 6.26 Å². The van der Waals surface area contributed by atoms with Crippen molar-refractivity contribution in [2.75, 3.05) is 19.4 Å². The van der Waals surface area contributed by atoms with Crippen molar-refractivity contribution in [3.8, 4) is 0 Å². The molecule has 2 N–H and O–H groups in total. The van der Waals surface area contributed by atoms with Gasteiger partial charge in [0.25, 0.3) is 0 Å². The molecular weight excluding hydrogens is 250 g/mol. The van der Waals surface area contributed by atoms with E-state index in [9.17, 15) is 8.42 Å². The van der Waals surface area contributed by atoms with Crippen molar-refractivity contribution in [1.29, 1.82) is 0 Å². The van der Waals surface area contributed by atoms with Crippen molar-refractivity contribution < 1.29 is 13.5 Å². The predicted octanol–water partition coefficient (Wildman–Crippen LogP) is 1.34. The van der Waals surface area contributed by atoms with E-state index >= 15 is 0 Å². The maximum atomic E-state index is 11.8. The maximum absolute atomic E-state index is 11.8. The molecule has 0 aliphatic heterocycles. The fourth-order valence-electron chi connectivity index (χ4n) is 2.79. The van der Waals surface area contributed by atoms with Crippen LogP contribution < -0.4 is 5.32 Å². The van der Waals surface area contributed by atoms with Gasteiger partial charge in [0.05, 0.1) is 5.25 Å². The molecule has 0 heterocycles. The molecule has 108 valence electrons. The van der Waals surface area contributed by atoms with Crippen LogP contribution in [-0.4, -0.2) is 44.2 Å². The van der Waals surface area contributed by atoms with E-state index < -0.39 is 9.84 Å². The second-order valence-corrected chi connectivity index (χ2v) is 7.72. The Morgan fingerprint density at radius 2 is 2.00 bits per heavy atom. The first kappa shape index (κ1) is 15.9. The molecule has 0 aromatic carbocycles. The Hall–Kier alpha value is -0.130. The summed E-state index contributed by atoms with van der Waals surface area (Å²) in [5.74, 6) is 0.442. The summed E-state index contributed by atoms with van der Waals surface area (Å²) >= 11 is 0. The van der Waals surface area contributed by atoms with Crippen molar-refractivity contribution in [1.82, 2.24) is 5.32 Å². The minimum atomic E-state index is -2.95. The van der Waals surface area contributed by atoms with Crippen LogP contribution in [0.25, 0.3) is 0 Å². The third-order valence-corrected chi connectivity index (χ3v) is 5.70. The highest BCUT2D eigenvalue weighted by atomic mass is 32.2. The van der Waals surface area contributed by atoms with Crippen LogP contribution in [0.4, 0.5) is 0 Å². The molecule has 3 unspecified atom stereocenters. The van der Waals surface area contributed by atoms with Crippen molar-refractivity contribution in [3.63, 3.8) is 0 Å². The van der Waals surface area contributed by atoms with Crippen molar-refractivity contribution in [2.45, 2.75) is 56.7 Å². The summed E-state index contributed by atoms with van der Waals surface area (Å²) in [6, 6.07) is 0.0986. The predicted molar refractivity (Wildman–Crippen MR) is 74.4 cm³/mol. The molecule has 0 amide bonds. The summed E-state index contributed by atoms with van der Waals surface area (Å²) in [5, 5.41) is 12.2. The molecule has 1 saturated carbocycles. The third-order valence-electron chi connectivity index (χ3n) is 4.04. The monoisotopic (exact) mass is 277 g/mol. The molecule has 0 radical (unpaired) electrons. The lowest BCUT2D eigenvalue weighted by molar-refractivity contribution is 0.244. The number of sulfone groups is 1. The Morgan fingerprint density at radius 1 is 1.33 bits per heavy atom. The van der Waals surface area contributed by atoms with Gasteiger partial charge in [-0.25, -0.2) is 8.42 Å². The van der Waals surface area contributed by atoms with Gasteiger partial charge >= 0.3 is 0 Å². The van der Waals surface area contributed by atoms with Crippen LogP contribution in [-0.2, 0) is 9.84 Å². The standard InChI is InChI=1S/C13H27NO3S/c1-3-11(8-9-15)10-14-12-6-4-5-7-13(12)18(2,16)17/h11-15H,3-10H2,1-2H3. The van der Waals surface area contributed by atoms with Crippen LogP contribution in [0.5, 0.6) is 0 Å². The average Bonchev–Trinajstić information content (AvgIpc) is 2.33. The molecule has 0 spiro atoms. The molecule has 1 aliphatic rings. The number of nitrogens with one attached hydrogen (secondary N) is 1. The summed E-state index contributed by atoms with van der Waals surface area (Å²) in [7, 11) is -2.95. The van der Waals surface area contributed by atoms with Crippen LogP contribution in [0.2, 0.25) is 0 Å². The van der Waals surface area contributed by atoms with E-state index in [1.807, 2.05) is 0 Å². The Kier molecular flexibility index (Phi) is 6.60. The molecule has 0 bridgehead atoms.